The maximum atomic E-state index is 5.74. The molecule has 0 spiro atoms. The zero-order valence-corrected chi connectivity index (χ0v) is 11.8. The first-order valence-corrected chi connectivity index (χ1v) is 6.95. The highest BCUT2D eigenvalue weighted by atomic mass is 16.5. The van der Waals surface area contributed by atoms with Crippen molar-refractivity contribution in [2.75, 3.05) is 0 Å². The minimum absolute atomic E-state index is 0.567. The van der Waals surface area contributed by atoms with E-state index in [1.165, 1.54) is 18.4 Å². The lowest BCUT2D eigenvalue weighted by atomic mass is 9.94. The molecule has 19 heavy (non-hydrogen) atoms. The van der Waals surface area contributed by atoms with Crippen molar-refractivity contribution in [3.63, 3.8) is 0 Å². The lowest BCUT2D eigenvalue weighted by molar-refractivity contribution is 0.456. The molecule has 4 heteroatoms. The lowest BCUT2D eigenvalue weighted by Crippen LogP contribution is -1.95. The Morgan fingerprint density at radius 2 is 1.74 bits per heavy atom. The topological polar surface area (TPSA) is 50.8 Å². The quantitative estimate of drug-likeness (QED) is 0.851. The summed E-state index contributed by atoms with van der Waals surface area (Å²) in [6.07, 6.45) is 3.14. The first-order valence-electron chi connectivity index (χ1n) is 6.95. The average molecular weight is 259 g/mol. The van der Waals surface area contributed by atoms with Crippen LogP contribution in [0.3, 0.4) is 0 Å². The number of benzene rings is 1. The van der Waals surface area contributed by atoms with Gasteiger partial charge in [0.1, 0.15) is 11.4 Å². The zero-order chi connectivity index (χ0) is 13.7. The first-order chi connectivity index (χ1) is 9.28. The summed E-state index contributed by atoms with van der Waals surface area (Å²) in [5.41, 5.74) is 2.22. The predicted molar refractivity (Wildman–Crippen MR) is 75.6 cm³/mol. The Kier molecular flexibility index (Phi) is 4.55. The van der Waals surface area contributed by atoms with Gasteiger partial charge in [-0.25, -0.2) is 0 Å². The summed E-state index contributed by atoms with van der Waals surface area (Å²) in [5, 5.41) is 10.6. The summed E-state index contributed by atoms with van der Waals surface area (Å²) < 4.78 is 5.74. The molecule has 0 amide bonds. The molecule has 0 radical (unpaired) electrons. The van der Waals surface area contributed by atoms with Gasteiger partial charge in [-0.15, -0.1) is 5.10 Å². The van der Waals surface area contributed by atoms with Crippen LogP contribution in [-0.4, -0.2) is 15.4 Å². The van der Waals surface area contributed by atoms with Gasteiger partial charge in [-0.1, -0.05) is 32.9 Å². The molecule has 0 bridgehead atoms. The summed E-state index contributed by atoms with van der Waals surface area (Å²) in [5.74, 6) is 2.00. The van der Waals surface area contributed by atoms with E-state index in [-0.39, 0.29) is 0 Å². The number of nitrogens with zero attached hydrogens (tertiary/aromatic N) is 2. The Hall–Kier alpha value is -1.84. The molecule has 0 saturated carbocycles. The number of hydrogen-bond acceptors (Lipinski definition) is 3. The van der Waals surface area contributed by atoms with Crippen LogP contribution < -0.4 is 4.74 Å². The molecule has 0 aliphatic rings. The van der Waals surface area contributed by atoms with E-state index in [4.69, 9.17) is 4.74 Å². The molecule has 0 saturated heterocycles. The third kappa shape index (κ3) is 3.13. The second kappa shape index (κ2) is 6.36. The summed E-state index contributed by atoms with van der Waals surface area (Å²) >= 11 is 0. The van der Waals surface area contributed by atoms with E-state index in [9.17, 15) is 0 Å². The van der Waals surface area contributed by atoms with Gasteiger partial charge < -0.3 is 4.74 Å². The minimum Gasteiger partial charge on any atom is -0.436 e. The zero-order valence-electron chi connectivity index (χ0n) is 11.8. The molecule has 102 valence electrons. The van der Waals surface area contributed by atoms with Crippen LogP contribution in [0, 0.1) is 0 Å². The third-order valence-corrected chi connectivity index (χ3v) is 3.47. The highest BCUT2D eigenvalue weighted by Crippen LogP contribution is 2.27. The summed E-state index contributed by atoms with van der Waals surface area (Å²) in [4.78, 5) is 0. The second-order valence-corrected chi connectivity index (χ2v) is 4.61. The molecule has 2 rings (SSSR count). The standard InChI is InChI=1S/C15H21N3O/c1-4-11(5-2)12-7-9-13(10-8-12)19-15-14(6-3)16-18-17-15/h7-11H,4-6H2,1-3H3,(H,16,17,18). The van der Waals surface area contributed by atoms with Gasteiger partial charge in [0.25, 0.3) is 5.88 Å². The SMILES string of the molecule is CCc1n[nH]nc1Oc1ccc(C(CC)CC)cc1. The fourth-order valence-corrected chi connectivity index (χ4v) is 2.23. The molecular weight excluding hydrogens is 238 g/mol. The maximum Gasteiger partial charge on any atom is 0.261 e. The number of ether oxygens (including phenoxy) is 1. The number of hydrogen-bond donors (Lipinski definition) is 1. The molecule has 1 N–H and O–H groups in total. The van der Waals surface area contributed by atoms with Crippen LogP contribution in [0.4, 0.5) is 0 Å². The number of aromatic nitrogens is 3. The molecule has 0 unspecified atom stereocenters. The smallest absolute Gasteiger partial charge is 0.261 e. The van der Waals surface area contributed by atoms with Crippen LogP contribution in [-0.2, 0) is 6.42 Å². The monoisotopic (exact) mass is 259 g/mol. The molecule has 0 atom stereocenters. The van der Waals surface area contributed by atoms with Crippen LogP contribution >= 0.6 is 0 Å². The van der Waals surface area contributed by atoms with Crippen molar-refractivity contribution in [2.45, 2.75) is 46.0 Å². The van der Waals surface area contributed by atoms with E-state index in [1.54, 1.807) is 0 Å². The maximum absolute atomic E-state index is 5.74. The number of rotatable bonds is 6. The summed E-state index contributed by atoms with van der Waals surface area (Å²) in [7, 11) is 0. The van der Waals surface area contributed by atoms with Crippen molar-refractivity contribution in [2.24, 2.45) is 0 Å². The Morgan fingerprint density at radius 1 is 1.05 bits per heavy atom. The van der Waals surface area contributed by atoms with Gasteiger partial charge in [0.2, 0.25) is 0 Å². The first kappa shape index (κ1) is 13.6. The molecular formula is C15H21N3O. The van der Waals surface area contributed by atoms with Crippen molar-refractivity contribution in [3.05, 3.63) is 35.5 Å². The van der Waals surface area contributed by atoms with E-state index in [2.05, 4.69) is 41.4 Å². The normalized spacial score (nSPS) is 10.9. The van der Waals surface area contributed by atoms with Crippen molar-refractivity contribution in [1.29, 1.82) is 0 Å². The van der Waals surface area contributed by atoms with Gasteiger partial charge in [0.05, 0.1) is 0 Å². The van der Waals surface area contributed by atoms with Gasteiger partial charge in [-0.05, 0) is 42.9 Å². The van der Waals surface area contributed by atoms with Crippen LogP contribution in [0.15, 0.2) is 24.3 Å². The number of H-pyrrole nitrogens is 1. The fraction of sp³-hybridized carbons (Fsp3) is 0.467. The molecule has 4 nitrogen and oxygen atoms in total. The van der Waals surface area contributed by atoms with Crippen molar-refractivity contribution in [3.8, 4) is 11.6 Å². The Balaban J connectivity index is 2.10. The highest BCUT2D eigenvalue weighted by molar-refractivity contribution is 5.32. The van der Waals surface area contributed by atoms with Crippen molar-refractivity contribution >= 4 is 0 Å². The number of nitrogens with one attached hydrogen (secondary N) is 1. The van der Waals surface area contributed by atoms with E-state index in [1.807, 2.05) is 19.1 Å². The van der Waals surface area contributed by atoms with Crippen LogP contribution in [0.5, 0.6) is 11.6 Å². The fourth-order valence-electron chi connectivity index (χ4n) is 2.23. The molecule has 1 heterocycles. The Bertz CT molecular complexity index is 500. The van der Waals surface area contributed by atoms with Crippen molar-refractivity contribution < 1.29 is 4.74 Å². The van der Waals surface area contributed by atoms with E-state index in [0.29, 0.717) is 11.8 Å². The number of aromatic amines is 1. The molecule has 1 aromatic heterocycles. The van der Waals surface area contributed by atoms with Crippen LogP contribution in [0.25, 0.3) is 0 Å². The summed E-state index contributed by atoms with van der Waals surface area (Å²) in [6, 6.07) is 8.28. The van der Waals surface area contributed by atoms with Gasteiger partial charge in [0.15, 0.2) is 0 Å². The average Bonchev–Trinajstić information content (AvgIpc) is 2.89. The second-order valence-electron chi connectivity index (χ2n) is 4.61. The van der Waals surface area contributed by atoms with Gasteiger partial charge >= 0.3 is 0 Å². The third-order valence-electron chi connectivity index (χ3n) is 3.47. The van der Waals surface area contributed by atoms with Crippen LogP contribution in [0.1, 0.15) is 50.8 Å². The van der Waals surface area contributed by atoms with Gasteiger partial charge in [0, 0.05) is 0 Å². The predicted octanol–water partition coefficient (Wildman–Crippen LogP) is 4.06. The van der Waals surface area contributed by atoms with Gasteiger partial charge in [-0.3, -0.25) is 0 Å². The molecule has 2 aromatic rings. The highest BCUT2D eigenvalue weighted by Gasteiger charge is 2.10. The Labute approximate surface area is 114 Å². The Morgan fingerprint density at radius 3 is 2.32 bits per heavy atom. The lowest BCUT2D eigenvalue weighted by Gasteiger charge is -2.13. The van der Waals surface area contributed by atoms with Crippen LogP contribution in [0.2, 0.25) is 0 Å². The molecule has 0 aliphatic carbocycles. The molecule has 0 fully saturated rings. The van der Waals surface area contributed by atoms with Gasteiger partial charge in [-0.2, -0.15) is 10.3 Å². The summed E-state index contributed by atoms with van der Waals surface area (Å²) in [6.45, 7) is 6.48. The largest absolute Gasteiger partial charge is 0.436 e. The van der Waals surface area contributed by atoms with E-state index >= 15 is 0 Å². The van der Waals surface area contributed by atoms with E-state index in [0.717, 1.165) is 17.9 Å². The molecule has 0 aliphatic heterocycles. The minimum atomic E-state index is 0.567. The molecule has 1 aromatic carbocycles. The number of aryl methyl sites for hydroxylation is 1. The van der Waals surface area contributed by atoms with Crippen molar-refractivity contribution in [1.82, 2.24) is 15.4 Å². The van der Waals surface area contributed by atoms with E-state index < -0.39 is 0 Å².